The zero-order valence-corrected chi connectivity index (χ0v) is 16.7. The quantitative estimate of drug-likeness (QED) is 0.679. The molecule has 1 atom stereocenters. The second-order valence-electron chi connectivity index (χ2n) is 8.26. The Labute approximate surface area is 167 Å². The van der Waals surface area contributed by atoms with Crippen LogP contribution in [0.2, 0.25) is 0 Å². The Morgan fingerprint density at radius 2 is 1.86 bits per heavy atom. The summed E-state index contributed by atoms with van der Waals surface area (Å²) in [5, 5.41) is 6.62. The van der Waals surface area contributed by atoms with Crippen molar-refractivity contribution in [3.05, 3.63) is 59.7 Å². The molecule has 29 heavy (non-hydrogen) atoms. The van der Waals surface area contributed by atoms with Crippen LogP contribution < -0.4 is 5.32 Å². The van der Waals surface area contributed by atoms with Crippen LogP contribution in [0.15, 0.2) is 51.6 Å². The summed E-state index contributed by atoms with van der Waals surface area (Å²) in [5.74, 6) is 0.481. The minimum atomic E-state index is -1.16. The lowest BCUT2D eigenvalue weighted by atomic mass is 9.84. The van der Waals surface area contributed by atoms with E-state index in [0.29, 0.717) is 11.3 Å². The fourth-order valence-electron chi connectivity index (χ4n) is 3.30. The molecule has 0 bridgehead atoms. The average molecular weight is 394 g/mol. The van der Waals surface area contributed by atoms with Crippen molar-refractivity contribution in [1.29, 1.82) is 0 Å². The van der Waals surface area contributed by atoms with E-state index in [1.54, 1.807) is 19.1 Å². The van der Waals surface area contributed by atoms with Gasteiger partial charge in [-0.3, -0.25) is 9.69 Å². The molecule has 1 fully saturated rings. The van der Waals surface area contributed by atoms with E-state index in [0.717, 1.165) is 10.5 Å². The van der Waals surface area contributed by atoms with Crippen LogP contribution in [-0.4, -0.2) is 27.0 Å². The number of hydrogen-bond donors (Lipinski definition) is 1. The molecule has 150 valence electrons. The van der Waals surface area contributed by atoms with Gasteiger partial charge >= 0.3 is 6.03 Å². The van der Waals surface area contributed by atoms with Crippen molar-refractivity contribution >= 4 is 11.9 Å². The highest BCUT2D eigenvalue weighted by atomic mass is 16.5. The number of carbonyl (C=O) groups excluding carboxylic acids is 2. The summed E-state index contributed by atoms with van der Waals surface area (Å²) in [4.78, 5) is 30.9. The van der Waals surface area contributed by atoms with Crippen molar-refractivity contribution in [3.63, 3.8) is 0 Å². The molecule has 3 heterocycles. The summed E-state index contributed by atoms with van der Waals surface area (Å²) in [6.45, 7) is 7.94. The standard InChI is InChI=1S/C21H22N4O4/c1-20(2,3)13-7-9-14(10-8-13)21(4)18(26)25(19(27)23-21)12-16-22-17(24-29-16)15-6-5-11-28-15/h5-11H,12H2,1-4H3,(H,23,27). The van der Waals surface area contributed by atoms with E-state index in [1.807, 2.05) is 24.3 Å². The van der Waals surface area contributed by atoms with Crippen LogP contribution in [0.25, 0.3) is 11.6 Å². The van der Waals surface area contributed by atoms with Gasteiger partial charge in [-0.25, -0.2) is 4.79 Å². The number of urea groups is 1. The molecule has 3 amide bonds. The van der Waals surface area contributed by atoms with Crippen LogP contribution in [0.1, 0.15) is 44.7 Å². The molecule has 1 aromatic carbocycles. The lowest BCUT2D eigenvalue weighted by molar-refractivity contribution is -0.131. The molecule has 8 nitrogen and oxygen atoms in total. The van der Waals surface area contributed by atoms with Crippen LogP contribution in [0, 0.1) is 0 Å². The average Bonchev–Trinajstić information content (AvgIpc) is 3.39. The van der Waals surface area contributed by atoms with Crippen LogP contribution in [-0.2, 0) is 22.3 Å². The van der Waals surface area contributed by atoms with E-state index < -0.39 is 11.6 Å². The number of imide groups is 1. The van der Waals surface area contributed by atoms with Crippen molar-refractivity contribution in [2.24, 2.45) is 0 Å². The molecule has 0 radical (unpaired) electrons. The fraction of sp³-hybridized carbons (Fsp3) is 0.333. The van der Waals surface area contributed by atoms with Crippen LogP contribution in [0.4, 0.5) is 4.79 Å². The van der Waals surface area contributed by atoms with Gasteiger partial charge in [0.2, 0.25) is 11.7 Å². The molecule has 0 saturated carbocycles. The monoisotopic (exact) mass is 394 g/mol. The van der Waals surface area contributed by atoms with E-state index in [2.05, 4.69) is 36.2 Å². The predicted octanol–water partition coefficient (Wildman–Crippen LogP) is 3.59. The highest BCUT2D eigenvalue weighted by Gasteiger charge is 2.49. The summed E-state index contributed by atoms with van der Waals surface area (Å²) in [6, 6.07) is 10.6. The largest absolute Gasteiger partial charge is 0.461 e. The summed E-state index contributed by atoms with van der Waals surface area (Å²) in [6.07, 6.45) is 1.50. The Hall–Kier alpha value is -3.42. The smallest absolute Gasteiger partial charge is 0.325 e. The van der Waals surface area contributed by atoms with Crippen LogP contribution in [0.3, 0.4) is 0 Å². The maximum atomic E-state index is 13.1. The molecule has 0 aliphatic carbocycles. The van der Waals surface area contributed by atoms with Crippen molar-refractivity contribution in [3.8, 4) is 11.6 Å². The number of furan rings is 1. The summed E-state index contributed by atoms with van der Waals surface area (Å²) < 4.78 is 10.4. The molecule has 1 aliphatic heterocycles. The maximum Gasteiger partial charge on any atom is 0.325 e. The summed E-state index contributed by atoms with van der Waals surface area (Å²) in [7, 11) is 0. The van der Waals surface area contributed by atoms with Gasteiger partial charge < -0.3 is 14.3 Å². The number of nitrogens with zero attached hydrogens (tertiary/aromatic N) is 3. The van der Waals surface area contributed by atoms with Crippen molar-refractivity contribution < 1.29 is 18.5 Å². The van der Waals surface area contributed by atoms with Crippen LogP contribution in [0.5, 0.6) is 0 Å². The predicted molar refractivity (Wildman–Crippen MR) is 104 cm³/mol. The Kier molecular flexibility index (Phi) is 4.29. The summed E-state index contributed by atoms with van der Waals surface area (Å²) in [5.41, 5.74) is 0.707. The first-order valence-corrected chi connectivity index (χ1v) is 9.30. The fourth-order valence-corrected chi connectivity index (χ4v) is 3.30. The molecule has 1 saturated heterocycles. The number of aromatic nitrogens is 2. The first-order valence-electron chi connectivity index (χ1n) is 9.30. The zero-order chi connectivity index (χ0) is 20.8. The third kappa shape index (κ3) is 3.30. The molecule has 1 N–H and O–H groups in total. The third-order valence-electron chi connectivity index (χ3n) is 5.11. The van der Waals surface area contributed by atoms with Gasteiger partial charge in [0.25, 0.3) is 5.91 Å². The minimum Gasteiger partial charge on any atom is -0.461 e. The number of hydrogen-bond acceptors (Lipinski definition) is 6. The van der Waals surface area contributed by atoms with Crippen molar-refractivity contribution in [2.45, 2.75) is 45.2 Å². The lowest BCUT2D eigenvalue weighted by Gasteiger charge is -2.24. The first-order chi connectivity index (χ1) is 13.7. The van der Waals surface area contributed by atoms with E-state index >= 15 is 0 Å². The van der Waals surface area contributed by atoms with Gasteiger partial charge in [0.15, 0.2) is 5.76 Å². The Bertz CT molecular complexity index is 1050. The second kappa shape index (κ2) is 6.58. The first kappa shape index (κ1) is 18.9. The van der Waals surface area contributed by atoms with Gasteiger partial charge in [0.1, 0.15) is 12.1 Å². The Morgan fingerprint density at radius 3 is 2.48 bits per heavy atom. The second-order valence-corrected chi connectivity index (χ2v) is 8.26. The number of nitrogens with one attached hydrogen (secondary N) is 1. The molecule has 8 heteroatoms. The van der Waals surface area contributed by atoms with Gasteiger partial charge in [-0.05, 0) is 35.6 Å². The van der Waals surface area contributed by atoms with E-state index in [4.69, 9.17) is 8.94 Å². The molecular formula is C21H22N4O4. The third-order valence-corrected chi connectivity index (χ3v) is 5.11. The molecule has 1 aliphatic rings. The van der Waals surface area contributed by atoms with E-state index in [1.165, 1.54) is 6.26 Å². The van der Waals surface area contributed by atoms with Gasteiger partial charge in [0.05, 0.1) is 6.26 Å². The number of benzene rings is 1. The Balaban J connectivity index is 1.55. The zero-order valence-electron chi connectivity index (χ0n) is 16.7. The normalized spacial score (nSPS) is 19.7. The molecular weight excluding hydrogens is 372 g/mol. The maximum absolute atomic E-state index is 13.1. The van der Waals surface area contributed by atoms with Gasteiger partial charge in [-0.1, -0.05) is 50.2 Å². The van der Waals surface area contributed by atoms with E-state index in [-0.39, 0.29) is 29.6 Å². The SMILES string of the molecule is CC(C)(C)c1ccc(C2(C)NC(=O)N(Cc3nc(-c4ccco4)no3)C2=O)cc1. The molecule has 2 aromatic heterocycles. The summed E-state index contributed by atoms with van der Waals surface area (Å²) >= 11 is 0. The van der Waals surface area contributed by atoms with Gasteiger partial charge in [-0.2, -0.15) is 4.98 Å². The molecule has 4 rings (SSSR count). The van der Waals surface area contributed by atoms with Crippen LogP contribution >= 0.6 is 0 Å². The molecule has 3 aromatic rings. The Morgan fingerprint density at radius 1 is 1.14 bits per heavy atom. The topological polar surface area (TPSA) is 101 Å². The van der Waals surface area contributed by atoms with Crippen molar-refractivity contribution in [2.75, 3.05) is 0 Å². The lowest BCUT2D eigenvalue weighted by Crippen LogP contribution is -2.40. The highest BCUT2D eigenvalue weighted by Crippen LogP contribution is 2.32. The number of carbonyl (C=O) groups is 2. The molecule has 0 spiro atoms. The number of amides is 3. The van der Waals surface area contributed by atoms with Gasteiger partial charge in [-0.15, -0.1) is 0 Å². The minimum absolute atomic E-state index is 0.00193. The van der Waals surface area contributed by atoms with Crippen molar-refractivity contribution in [1.82, 2.24) is 20.4 Å². The van der Waals surface area contributed by atoms with E-state index in [9.17, 15) is 9.59 Å². The number of rotatable bonds is 4. The molecule has 1 unspecified atom stereocenters. The van der Waals surface area contributed by atoms with Gasteiger partial charge in [0, 0.05) is 0 Å². The highest BCUT2D eigenvalue weighted by molar-refractivity contribution is 6.07.